The summed E-state index contributed by atoms with van der Waals surface area (Å²) in [6, 6.07) is 0.639. The first-order chi connectivity index (χ1) is 6.54. The van der Waals surface area contributed by atoms with Crippen molar-refractivity contribution in [3.8, 4) is 0 Å². The van der Waals surface area contributed by atoms with Gasteiger partial charge in [0.05, 0.1) is 6.10 Å². The average molecular weight is 202 g/mol. The molecule has 0 aromatic heterocycles. The SMILES string of the molecule is CC(C)N(C)CCCCNC[C@H](C)O. The maximum atomic E-state index is 9.00. The molecule has 0 saturated carbocycles. The minimum absolute atomic E-state index is 0.228. The Hall–Kier alpha value is -0.120. The highest BCUT2D eigenvalue weighted by Gasteiger charge is 2.01. The number of hydrogen-bond donors (Lipinski definition) is 2. The van der Waals surface area contributed by atoms with E-state index in [1.54, 1.807) is 6.92 Å². The Kier molecular flexibility index (Phi) is 8.14. The molecule has 0 radical (unpaired) electrons. The summed E-state index contributed by atoms with van der Waals surface area (Å²) in [6.07, 6.45) is 2.18. The van der Waals surface area contributed by atoms with Crippen LogP contribution in [0.4, 0.5) is 0 Å². The number of nitrogens with zero attached hydrogens (tertiary/aromatic N) is 1. The summed E-state index contributed by atoms with van der Waals surface area (Å²) in [5.74, 6) is 0. The predicted octanol–water partition coefficient (Wildman–Crippen LogP) is 1.08. The van der Waals surface area contributed by atoms with E-state index in [0.717, 1.165) is 13.1 Å². The molecule has 3 nitrogen and oxygen atoms in total. The van der Waals surface area contributed by atoms with Crippen molar-refractivity contribution in [1.82, 2.24) is 10.2 Å². The zero-order chi connectivity index (χ0) is 11.0. The molecule has 1 atom stereocenters. The second-order valence-electron chi connectivity index (χ2n) is 4.33. The quantitative estimate of drug-likeness (QED) is 0.578. The number of nitrogens with one attached hydrogen (secondary N) is 1. The normalized spacial score (nSPS) is 13.9. The predicted molar refractivity (Wildman–Crippen MR) is 61.6 cm³/mol. The van der Waals surface area contributed by atoms with Crippen molar-refractivity contribution < 1.29 is 5.11 Å². The lowest BCUT2D eigenvalue weighted by atomic mass is 10.2. The van der Waals surface area contributed by atoms with Crippen molar-refractivity contribution in [1.29, 1.82) is 0 Å². The average Bonchev–Trinajstić information content (AvgIpc) is 2.09. The van der Waals surface area contributed by atoms with Gasteiger partial charge in [-0.15, -0.1) is 0 Å². The van der Waals surface area contributed by atoms with Crippen LogP contribution in [0.3, 0.4) is 0 Å². The van der Waals surface area contributed by atoms with Crippen LogP contribution in [0.15, 0.2) is 0 Å². The lowest BCUT2D eigenvalue weighted by molar-refractivity contribution is 0.191. The van der Waals surface area contributed by atoms with Gasteiger partial charge >= 0.3 is 0 Å². The molecule has 0 bridgehead atoms. The van der Waals surface area contributed by atoms with Crippen LogP contribution in [0.2, 0.25) is 0 Å². The second-order valence-corrected chi connectivity index (χ2v) is 4.33. The molecule has 86 valence electrons. The van der Waals surface area contributed by atoms with Crippen molar-refractivity contribution >= 4 is 0 Å². The first-order valence-corrected chi connectivity index (χ1v) is 5.63. The van der Waals surface area contributed by atoms with Crippen molar-refractivity contribution in [2.75, 3.05) is 26.7 Å². The fourth-order valence-electron chi connectivity index (χ4n) is 1.18. The van der Waals surface area contributed by atoms with Gasteiger partial charge in [-0.25, -0.2) is 0 Å². The highest BCUT2D eigenvalue weighted by atomic mass is 16.3. The van der Waals surface area contributed by atoms with E-state index in [1.807, 2.05) is 0 Å². The van der Waals surface area contributed by atoms with Crippen LogP contribution in [0, 0.1) is 0 Å². The van der Waals surface area contributed by atoms with Gasteiger partial charge in [-0.1, -0.05) is 0 Å². The summed E-state index contributed by atoms with van der Waals surface area (Å²) < 4.78 is 0. The monoisotopic (exact) mass is 202 g/mol. The molecular formula is C11H26N2O. The maximum Gasteiger partial charge on any atom is 0.0636 e. The van der Waals surface area contributed by atoms with Gasteiger partial charge in [0.1, 0.15) is 0 Å². The van der Waals surface area contributed by atoms with Crippen molar-refractivity contribution in [2.24, 2.45) is 0 Å². The van der Waals surface area contributed by atoms with Crippen molar-refractivity contribution in [2.45, 2.75) is 45.8 Å². The maximum absolute atomic E-state index is 9.00. The lowest BCUT2D eigenvalue weighted by Crippen LogP contribution is -2.29. The third-order valence-corrected chi connectivity index (χ3v) is 2.44. The van der Waals surface area contributed by atoms with Gasteiger partial charge in [-0.3, -0.25) is 0 Å². The number of hydrogen-bond acceptors (Lipinski definition) is 3. The molecule has 0 amide bonds. The molecule has 0 aliphatic rings. The smallest absolute Gasteiger partial charge is 0.0636 e. The third kappa shape index (κ3) is 8.48. The van der Waals surface area contributed by atoms with Crippen molar-refractivity contribution in [3.63, 3.8) is 0 Å². The Morgan fingerprint density at radius 2 is 1.86 bits per heavy atom. The molecule has 2 N–H and O–H groups in total. The molecule has 0 aliphatic carbocycles. The van der Waals surface area contributed by atoms with Gasteiger partial charge in [0.2, 0.25) is 0 Å². The van der Waals surface area contributed by atoms with E-state index in [1.165, 1.54) is 12.8 Å². The lowest BCUT2D eigenvalue weighted by Gasteiger charge is -2.20. The summed E-state index contributed by atoms with van der Waals surface area (Å²) in [5, 5.41) is 12.2. The van der Waals surface area contributed by atoms with E-state index in [2.05, 4.69) is 31.1 Å². The molecule has 0 aromatic rings. The minimum Gasteiger partial charge on any atom is -0.392 e. The molecule has 0 unspecified atom stereocenters. The zero-order valence-electron chi connectivity index (χ0n) is 10.1. The molecule has 0 spiro atoms. The van der Waals surface area contributed by atoms with E-state index < -0.39 is 0 Å². The minimum atomic E-state index is -0.228. The highest BCUT2D eigenvalue weighted by Crippen LogP contribution is 1.97. The zero-order valence-corrected chi connectivity index (χ0v) is 10.1. The number of unbranched alkanes of at least 4 members (excludes halogenated alkanes) is 1. The Morgan fingerprint density at radius 3 is 2.36 bits per heavy atom. The number of aliphatic hydroxyl groups excluding tert-OH is 1. The van der Waals surface area contributed by atoms with Crippen LogP contribution in [0.5, 0.6) is 0 Å². The highest BCUT2D eigenvalue weighted by molar-refractivity contribution is 4.58. The fraction of sp³-hybridized carbons (Fsp3) is 1.00. The standard InChI is InChI=1S/C11H26N2O/c1-10(2)13(4)8-6-5-7-12-9-11(3)14/h10-12,14H,5-9H2,1-4H3/t11-/m0/s1. The van der Waals surface area contributed by atoms with Crippen LogP contribution < -0.4 is 5.32 Å². The van der Waals surface area contributed by atoms with Gasteiger partial charge in [0.15, 0.2) is 0 Å². The molecule has 0 aromatic carbocycles. The van der Waals surface area contributed by atoms with Gasteiger partial charge < -0.3 is 15.3 Å². The Balaban J connectivity index is 3.13. The molecule has 0 heterocycles. The van der Waals surface area contributed by atoms with E-state index in [9.17, 15) is 0 Å². The van der Waals surface area contributed by atoms with Crippen LogP contribution in [0.25, 0.3) is 0 Å². The topological polar surface area (TPSA) is 35.5 Å². The summed E-state index contributed by atoms with van der Waals surface area (Å²) in [4.78, 5) is 2.36. The second kappa shape index (κ2) is 8.21. The van der Waals surface area contributed by atoms with E-state index in [4.69, 9.17) is 5.11 Å². The van der Waals surface area contributed by atoms with E-state index in [0.29, 0.717) is 12.6 Å². The van der Waals surface area contributed by atoms with Crippen LogP contribution in [-0.4, -0.2) is 48.8 Å². The summed E-state index contributed by atoms with van der Waals surface area (Å²) >= 11 is 0. The Labute approximate surface area is 88.5 Å². The third-order valence-electron chi connectivity index (χ3n) is 2.44. The van der Waals surface area contributed by atoms with E-state index >= 15 is 0 Å². The molecule has 0 aliphatic heterocycles. The molecule has 14 heavy (non-hydrogen) atoms. The fourth-order valence-corrected chi connectivity index (χ4v) is 1.18. The molecular weight excluding hydrogens is 176 g/mol. The van der Waals surface area contributed by atoms with E-state index in [-0.39, 0.29) is 6.10 Å². The van der Waals surface area contributed by atoms with Gasteiger partial charge in [0.25, 0.3) is 0 Å². The van der Waals surface area contributed by atoms with Crippen molar-refractivity contribution in [3.05, 3.63) is 0 Å². The molecule has 0 rings (SSSR count). The van der Waals surface area contributed by atoms with Gasteiger partial charge in [-0.2, -0.15) is 0 Å². The largest absolute Gasteiger partial charge is 0.392 e. The first kappa shape index (κ1) is 13.9. The summed E-state index contributed by atoms with van der Waals surface area (Å²) in [6.45, 7) is 9.11. The summed E-state index contributed by atoms with van der Waals surface area (Å²) in [7, 11) is 2.16. The summed E-state index contributed by atoms with van der Waals surface area (Å²) in [5.41, 5.74) is 0. The Morgan fingerprint density at radius 1 is 1.21 bits per heavy atom. The molecule has 0 saturated heterocycles. The Bertz CT molecular complexity index is 126. The van der Waals surface area contributed by atoms with Gasteiger partial charge in [0, 0.05) is 12.6 Å². The molecule has 3 heteroatoms. The van der Waals surface area contributed by atoms with Crippen LogP contribution >= 0.6 is 0 Å². The molecule has 0 fully saturated rings. The van der Waals surface area contributed by atoms with Gasteiger partial charge in [-0.05, 0) is 53.8 Å². The van der Waals surface area contributed by atoms with Crippen LogP contribution in [-0.2, 0) is 0 Å². The number of rotatable bonds is 8. The first-order valence-electron chi connectivity index (χ1n) is 5.63. The number of aliphatic hydroxyl groups is 1. The van der Waals surface area contributed by atoms with Crippen LogP contribution in [0.1, 0.15) is 33.6 Å².